The van der Waals surface area contributed by atoms with Crippen LogP contribution in [-0.2, 0) is 0 Å². The molecule has 0 spiro atoms. The molecule has 1 unspecified atom stereocenters. The Labute approximate surface area is 110 Å². The van der Waals surface area contributed by atoms with Crippen LogP contribution in [-0.4, -0.2) is 5.11 Å². The van der Waals surface area contributed by atoms with Crippen LogP contribution < -0.4 is 10.5 Å². The average molecular weight is 259 g/mol. The molecule has 2 atom stereocenters. The van der Waals surface area contributed by atoms with Crippen molar-refractivity contribution in [1.82, 2.24) is 0 Å². The summed E-state index contributed by atoms with van der Waals surface area (Å²) < 4.78 is 19.2. The normalized spacial score (nSPS) is 21.6. The number of hydrogen-bond donors (Lipinski definition) is 2. The highest BCUT2D eigenvalue weighted by molar-refractivity contribution is 5.39. The summed E-state index contributed by atoms with van der Waals surface area (Å²) in [6, 6.07) is 11.7. The minimum atomic E-state index is -0.645. The first kappa shape index (κ1) is 12.0. The molecule has 0 bridgehead atoms. The number of para-hydroxylation sites is 1. The molecule has 0 saturated heterocycles. The Morgan fingerprint density at radius 3 is 2.79 bits per heavy atom. The fourth-order valence-electron chi connectivity index (χ4n) is 2.38. The van der Waals surface area contributed by atoms with E-state index in [0.29, 0.717) is 12.0 Å². The molecular formula is C15H14FNO2. The zero-order valence-electron chi connectivity index (χ0n) is 10.2. The van der Waals surface area contributed by atoms with Gasteiger partial charge in [0.25, 0.3) is 0 Å². The standard InChI is InChI=1S/C15H14FNO2/c16-11-7-9(5-6-13(11)18)15-8-12(17)10-3-1-2-4-14(10)19-15/h1-7,12,15,18H,8,17H2/t12-,15?/m0/s1. The Morgan fingerprint density at radius 2 is 2.00 bits per heavy atom. The van der Waals surface area contributed by atoms with Gasteiger partial charge in [0.05, 0.1) is 0 Å². The molecule has 0 amide bonds. The van der Waals surface area contributed by atoms with Crippen LogP contribution in [0.3, 0.4) is 0 Å². The lowest BCUT2D eigenvalue weighted by molar-refractivity contribution is 0.161. The quantitative estimate of drug-likeness (QED) is 0.827. The maximum absolute atomic E-state index is 13.4. The van der Waals surface area contributed by atoms with Crippen molar-refractivity contribution in [1.29, 1.82) is 0 Å². The van der Waals surface area contributed by atoms with E-state index in [1.807, 2.05) is 24.3 Å². The Bertz CT molecular complexity index is 615. The van der Waals surface area contributed by atoms with E-state index >= 15 is 0 Å². The number of hydrogen-bond acceptors (Lipinski definition) is 3. The number of nitrogens with two attached hydrogens (primary N) is 1. The first-order valence-corrected chi connectivity index (χ1v) is 6.14. The number of rotatable bonds is 1. The molecule has 0 aliphatic carbocycles. The van der Waals surface area contributed by atoms with Crippen molar-refractivity contribution in [3.63, 3.8) is 0 Å². The third kappa shape index (κ3) is 2.15. The van der Waals surface area contributed by atoms with Gasteiger partial charge in [-0.3, -0.25) is 0 Å². The fraction of sp³-hybridized carbons (Fsp3) is 0.200. The van der Waals surface area contributed by atoms with E-state index in [-0.39, 0.29) is 17.9 Å². The fourth-order valence-corrected chi connectivity index (χ4v) is 2.38. The molecule has 2 aromatic rings. The first-order valence-electron chi connectivity index (χ1n) is 6.14. The summed E-state index contributed by atoms with van der Waals surface area (Å²) in [6.45, 7) is 0. The molecule has 3 N–H and O–H groups in total. The molecule has 3 nitrogen and oxygen atoms in total. The zero-order valence-corrected chi connectivity index (χ0v) is 10.2. The average Bonchev–Trinajstić information content (AvgIpc) is 2.42. The summed E-state index contributed by atoms with van der Waals surface area (Å²) in [6.07, 6.45) is 0.293. The van der Waals surface area contributed by atoms with Crippen molar-refractivity contribution in [2.45, 2.75) is 18.6 Å². The molecule has 0 saturated carbocycles. The van der Waals surface area contributed by atoms with Gasteiger partial charge >= 0.3 is 0 Å². The summed E-state index contributed by atoms with van der Waals surface area (Å²) in [5, 5.41) is 9.21. The van der Waals surface area contributed by atoms with Crippen molar-refractivity contribution in [2.24, 2.45) is 5.73 Å². The van der Waals surface area contributed by atoms with Gasteiger partial charge < -0.3 is 15.6 Å². The van der Waals surface area contributed by atoms with E-state index in [0.717, 1.165) is 11.3 Å². The maximum Gasteiger partial charge on any atom is 0.165 e. The third-order valence-electron chi connectivity index (χ3n) is 3.40. The van der Waals surface area contributed by atoms with Crippen molar-refractivity contribution in [3.05, 3.63) is 59.4 Å². The van der Waals surface area contributed by atoms with Crippen LogP contribution in [0.1, 0.15) is 29.7 Å². The van der Waals surface area contributed by atoms with Crippen LogP contribution in [0.5, 0.6) is 11.5 Å². The third-order valence-corrected chi connectivity index (χ3v) is 3.40. The van der Waals surface area contributed by atoms with E-state index in [1.54, 1.807) is 6.07 Å². The van der Waals surface area contributed by atoms with Gasteiger partial charge in [0.1, 0.15) is 11.9 Å². The van der Waals surface area contributed by atoms with Gasteiger partial charge in [-0.2, -0.15) is 0 Å². The number of ether oxygens (including phenoxy) is 1. The number of phenols is 1. The molecule has 4 heteroatoms. The highest BCUT2D eigenvalue weighted by Crippen LogP contribution is 2.39. The molecule has 0 fully saturated rings. The lowest BCUT2D eigenvalue weighted by Gasteiger charge is -2.30. The number of benzene rings is 2. The van der Waals surface area contributed by atoms with Gasteiger partial charge in [-0.1, -0.05) is 24.3 Å². The van der Waals surface area contributed by atoms with Gasteiger partial charge in [-0.05, 0) is 23.8 Å². The Kier molecular flexibility index (Phi) is 2.87. The van der Waals surface area contributed by atoms with Crippen molar-refractivity contribution >= 4 is 0 Å². The number of fused-ring (bicyclic) bond motifs is 1. The summed E-state index contributed by atoms with van der Waals surface area (Å²) in [5.41, 5.74) is 7.77. The van der Waals surface area contributed by atoms with Gasteiger partial charge in [-0.15, -0.1) is 0 Å². The molecule has 1 aliphatic heterocycles. The van der Waals surface area contributed by atoms with Crippen LogP contribution >= 0.6 is 0 Å². The van der Waals surface area contributed by atoms with E-state index in [4.69, 9.17) is 10.5 Å². The smallest absolute Gasteiger partial charge is 0.165 e. The summed E-state index contributed by atoms with van der Waals surface area (Å²) in [5.74, 6) is -0.266. The van der Waals surface area contributed by atoms with E-state index in [1.165, 1.54) is 12.1 Å². The summed E-state index contributed by atoms with van der Waals surface area (Å²) >= 11 is 0. The van der Waals surface area contributed by atoms with Crippen molar-refractivity contribution in [3.8, 4) is 11.5 Å². The molecule has 1 heterocycles. The topological polar surface area (TPSA) is 55.5 Å². The van der Waals surface area contributed by atoms with Crippen LogP contribution in [0.2, 0.25) is 0 Å². The van der Waals surface area contributed by atoms with Crippen molar-refractivity contribution < 1.29 is 14.2 Å². The number of aromatic hydroxyl groups is 1. The Morgan fingerprint density at radius 1 is 1.21 bits per heavy atom. The van der Waals surface area contributed by atoms with Crippen LogP contribution in [0, 0.1) is 5.82 Å². The van der Waals surface area contributed by atoms with Crippen LogP contribution in [0.4, 0.5) is 4.39 Å². The molecule has 0 aromatic heterocycles. The highest BCUT2D eigenvalue weighted by Gasteiger charge is 2.27. The largest absolute Gasteiger partial charge is 0.505 e. The minimum absolute atomic E-state index is 0.133. The van der Waals surface area contributed by atoms with E-state index in [9.17, 15) is 9.50 Å². The summed E-state index contributed by atoms with van der Waals surface area (Å²) in [7, 11) is 0. The molecule has 0 radical (unpaired) electrons. The predicted molar refractivity (Wildman–Crippen MR) is 69.4 cm³/mol. The minimum Gasteiger partial charge on any atom is -0.505 e. The Balaban J connectivity index is 1.94. The first-order chi connectivity index (χ1) is 9.15. The Hall–Kier alpha value is -2.07. The number of halogens is 1. The molecule has 3 rings (SSSR count). The van der Waals surface area contributed by atoms with Gasteiger partial charge in [0, 0.05) is 18.0 Å². The SMILES string of the molecule is N[C@H]1CC(c2ccc(O)c(F)c2)Oc2ccccc21. The molecular weight excluding hydrogens is 245 g/mol. The van der Waals surface area contributed by atoms with Gasteiger partial charge in [0.15, 0.2) is 11.6 Å². The van der Waals surface area contributed by atoms with E-state index < -0.39 is 5.82 Å². The van der Waals surface area contributed by atoms with Crippen molar-refractivity contribution in [2.75, 3.05) is 0 Å². The molecule has 2 aromatic carbocycles. The lowest BCUT2D eigenvalue weighted by atomic mass is 9.93. The second kappa shape index (κ2) is 4.55. The molecule has 19 heavy (non-hydrogen) atoms. The zero-order chi connectivity index (χ0) is 13.4. The second-order valence-corrected chi connectivity index (χ2v) is 4.70. The lowest BCUT2D eigenvalue weighted by Crippen LogP contribution is -2.24. The summed E-state index contributed by atoms with van der Waals surface area (Å²) in [4.78, 5) is 0. The van der Waals surface area contributed by atoms with Crippen LogP contribution in [0.25, 0.3) is 0 Å². The van der Waals surface area contributed by atoms with E-state index in [2.05, 4.69) is 0 Å². The second-order valence-electron chi connectivity index (χ2n) is 4.70. The maximum atomic E-state index is 13.4. The van der Waals surface area contributed by atoms with Gasteiger partial charge in [-0.25, -0.2) is 4.39 Å². The molecule has 1 aliphatic rings. The highest BCUT2D eigenvalue weighted by atomic mass is 19.1. The number of phenolic OH excluding ortho intramolecular Hbond substituents is 1. The predicted octanol–water partition coefficient (Wildman–Crippen LogP) is 3.05. The molecule has 98 valence electrons. The van der Waals surface area contributed by atoms with Gasteiger partial charge in [0.2, 0.25) is 0 Å². The monoisotopic (exact) mass is 259 g/mol. The van der Waals surface area contributed by atoms with Crippen LogP contribution in [0.15, 0.2) is 42.5 Å².